The molecular formula is C14H17FO2S. The minimum Gasteiger partial charge on any atom is -0.480 e. The van der Waals surface area contributed by atoms with Crippen molar-refractivity contribution in [2.45, 2.75) is 42.2 Å². The maximum atomic E-state index is 13.6. The number of benzene rings is 1. The molecule has 0 spiro atoms. The van der Waals surface area contributed by atoms with Gasteiger partial charge in [0.05, 0.1) is 0 Å². The highest BCUT2D eigenvalue weighted by molar-refractivity contribution is 8.01. The number of carbonyl (C=O) groups is 1. The number of rotatable bonds is 3. The van der Waals surface area contributed by atoms with E-state index in [0.717, 1.165) is 12.8 Å². The van der Waals surface area contributed by atoms with Gasteiger partial charge in [0, 0.05) is 4.90 Å². The lowest BCUT2D eigenvalue weighted by Crippen LogP contribution is -2.38. The molecule has 1 aromatic rings. The van der Waals surface area contributed by atoms with Crippen molar-refractivity contribution < 1.29 is 14.3 Å². The van der Waals surface area contributed by atoms with E-state index < -0.39 is 10.7 Å². The second kappa shape index (κ2) is 5.31. The van der Waals surface area contributed by atoms with Crippen LogP contribution >= 0.6 is 11.8 Å². The highest BCUT2D eigenvalue weighted by atomic mass is 32.2. The van der Waals surface area contributed by atoms with E-state index >= 15 is 0 Å². The third-order valence-electron chi connectivity index (χ3n) is 3.61. The first-order chi connectivity index (χ1) is 8.53. The van der Waals surface area contributed by atoms with Crippen molar-refractivity contribution in [3.63, 3.8) is 0 Å². The van der Waals surface area contributed by atoms with E-state index in [1.54, 1.807) is 18.2 Å². The molecule has 0 bridgehead atoms. The summed E-state index contributed by atoms with van der Waals surface area (Å²) in [4.78, 5) is 12.0. The molecule has 0 amide bonds. The van der Waals surface area contributed by atoms with E-state index in [9.17, 15) is 14.3 Å². The van der Waals surface area contributed by atoms with Crippen molar-refractivity contribution in [2.75, 3.05) is 0 Å². The Labute approximate surface area is 111 Å². The maximum Gasteiger partial charge on any atom is 0.320 e. The quantitative estimate of drug-likeness (QED) is 0.901. The van der Waals surface area contributed by atoms with Gasteiger partial charge in [-0.15, -0.1) is 11.8 Å². The Morgan fingerprint density at radius 1 is 1.39 bits per heavy atom. The smallest absolute Gasteiger partial charge is 0.320 e. The molecule has 18 heavy (non-hydrogen) atoms. The van der Waals surface area contributed by atoms with Gasteiger partial charge in [0.25, 0.3) is 0 Å². The summed E-state index contributed by atoms with van der Waals surface area (Å²) in [5.41, 5.74) is 0. The second-order valence-corrected chi connectivity index (χ2v) is 6.44. The van der Waals surface area contributed by atoms with Gasteiger partial charge in [0.15, 0.2) is 0 Å². The van der Waals surface area contributed by atoms with Crippen molar-refractivity contribution in [2.24, 2.45) is 5.92 Å². The standard InChI is InChI=1S/C14H17FO2S/c1-10-6-8-14(9-7-10,13(16)17)18-12-5-3-2-4-11(12)15/h2-5,10H,6-9H2,1H3,(H,16,17). The molecule has 1 saturated carbocycles. The molecule has 1 aromatic carbocycles. The molecule has 2 rings (SSSR count). The van der Waals surface area contributed by atoms with E-state index in [1.807, 2.05) is 0 Å². The summed E-state index contributed by atoms with van der Waals surface area (Å²) >= 11 is 1.17. The zero-order chi connectivity index (χ0) is 13.2. The van der Waals surface area contributed by atoms with E-state index in [-0.39, 0.29) is 5.82 Å². The summed E-state index contributed by atoms with van der Waals surface area (Å²) in [5.74, 6) is -0.580. The summed E-state index contributed by atoms with van der Waals surface area (Å²) in [5, 5.41) is 9.48. The fraction of sp³-hybridized carbons (Fsp3) is 0.500. The third kappa shape index (κ3) is 2.69. The van der Waals surface area contributed by atoms with Crippen molar-refractivity contribution in [1.29, 1.82) is 0 Å². The van der Waals surface area contributed by atoms with Crippen LogP contribution in [0, 0.1) is 11.7 Å². The summed E-state index contributed by atoms with van der Waals surface area (Å²) in [6, 6.07) is 6.40. The molecule has 1 fully saturated rings. The first-order valence-electron chi connectivity index (χ1n) is 6.20. The third-order valence-corrected chi connectivity index (χ3v) is 5.14. The van der Waals surface area contributed by atoms with Crippen LogP contribution in [0.3, 0.4) is 0 Å². The van der Waals surface area contributed by atoms with E-state index in [2.05, 4.69) is 6.92 Å². The van der Waals surface area contributed by atoms with Gasteiger partial charge in [-0.05, 0) is 43.7 Å². The summed E-state index contributed by atoms with van der Waals surface area (Å²) < 4.78 is 12.8. The fourth-order valence-electron chi connectivity index (χ4n) is 2.33. The van der Waals surface area contributed by atoms with Crippen LogP contribution in [-0.4, -0.2) is 15.8 Å². The van der Waals surface area contributed by atoms with Gasteiger partial charge in [-0.25, -0.2) is 4.39 Å². The molecule has 0 heterocycles. The molecule has 0 aliphatic heterocycles. The van der Waals surface area contributed by atoms with Gasteiger partial charge >= 0.3 is 5.97 Å². The van der Waals surface area contributed by atoms with Crippen molar-refractivity contribution in [1.82, 2.24) is 0 Å². The van der Waals surface area contributed by atoms with E-state index in [0.29, 0.717) is 23.7 Å². The largest absolute Gasteiger partial charge is 0.480 e. The normalized spacial score (nSPS) is 28.0. The number of thioether (sulfide) groups is 1. The molecule has 0 unspecified atom stereocenters. The molecular weight excluding hydrogens is 251 g/mol. The maximum absolute atomic E-state index is 13.6. The SMILES string of the molecule is CC1CCC(Sc2ccccc2F)(C(=O)O)CC1. The molecule has 1 aliphatic rings. The Morgan fingerprint density at radius 2 is 2.00 bits per heavy atom. The number of aliphatic carboxylic acids is 1. The van der Waals surface area contributed by atoms with Gasteiger partial charge in [0.1, 0.15) is 10.6 Å². The van der Waals surface area contributed by atoms with Crippen LogP contribution < -0.4 is 0 Å². The van der Waals surface area contributed by atoms with Gasteiger partial charge in [-0.3, -0.25) is 4.79 Å². The van der Waals surface area contributed by atoms with Crippen LogP contribution in [0.2, 0.25) is 0 Å². The molecule has 4 heteroatoms. The second-order valence-electron chi connectivity index (χ2n) is 5.01. The monoisotopic (exact) mass is 268 g/mol. The molecule has 1 N–H and O–H groups in total. The predicted molar refractivity (Wildman–Crippen MR) is 70.3 cm³/mol. The lowest BCUT2D eigenvalue weighted by molar-refractivity contribution is -0.141. The lowest BCUT2D eigenvalue weighted by Gasteiger charge is -2.35. The Morgan fingerprint density at radius 3 is 2.56 bits per heavy atom. The topological polar surface area (TPSA) is 37.3 Å². The predicted octanol–water partition coefficient (Wildman–Crippen LogP) is 3.95. The van der Waals surface area contributed by atoms with Gasteiger partial charge in [0.2, 0.25) is 0 Å². The van der Waals surface area contributed by atoms with Crippen LogP contribution in [0.15, 0.2) is 29.2 Å². The minimum atomic E-state index is -0.852. The number of hydrogen-bond donors (Lipinski definition) is 1. The average molecular weight is 268 g/mol. The molecule has 0 saturated heterocycles. The van der Waals surface area contributed by atoms with E-state index in [1.165, 1.54) is 17.8 Å². The Kier molecular flexibility index (Phi) is 3.95. The number of halogens is 1. The fourth-order valence-corrected chi connectivity index (χ4v) is 3.59. The van der Waals surface area contributed by atoms with Gasteiger partial charge in [-0.1, -0.05) is 19.1 Å². The highest BCUT2D eigenvalue weighted by Crippen LogP contribution is 2.46. The van der Waals surface area contributed by atoms with Crippen molar-refractivity contribution >= 4 is 17.7 Å². The molecule has 98 valence electrons. The zero-order valence-electron chi connectivity index (χ0n) is 10.4. The van der Waals surface area contributed by atoms with E-state index in [4.69, 9.17) is 0 Å². The molecule has 2 nitrogen and oxygen atoms in total. The Bertz CT molecular complexity index is 439. The van der Waals surface area contributed by atoms with Crippen LogP contribution in [0.5, 0.6) is 0 Å². The first-order valence-corrected chi connectivity index (χ1v) is 7.02. The lowest BCUT2D eigenvalue weighted by atomic mass is 9.82. The van der Waals surface area contributed by atoms with Crippen LogP contribution in [0.25, 0.3) is 0 Å². The zero-order valence-corrected chi connectivity index (χ0v) is 11.2. The molecule has 1 aliphatic carbocycles. The van der Waals surface area contributed by atoms with Crippen molar-refractivity contribution in [3.8, 4) is 0 Å². The van der Waals surface area contributed by atoms with Crippen LogP contribution in [-0.2, 0) is 4.79 Å². The van der Waals surface area contributed by atoms with Gasteiger partial charge in [-0.2, -0.15) is 0 Å². The van der Waals surface area contributed by atoms with Crippen molar-refractivity contribution in [3.05, 3.63) is 30.1 Å². The summed E-state index contributed by atoms with van der Waals surface area (Å²) in [6.45, 7) is 2.14. The van der Waals surface area contributed by atoms with Crippen LogP contribution in [0.1, 0.15) is 32.6 Å². The Balaban J connectivity index is 2.22. The first kappa shape index (κ1) is 13.4. The molecule has 0 radical (unpaired) electrons. The summed E-state index contributed by atoms with van der Waals surface area (Å²) in [6.07, 6.45) is 3.02. The Hall–Kier alpha value is -1.03. The number of carboxylic acid groups (broad SMARTS) is 1. The van der Waals surface area contributed by atoms with Gasteiger partial charge < -0.3 is 5.11 Å². The molecule has 0 atom stereocenters. The molecule has 0 aromatic heterocycles. The van der Waals surface area contributed by atoms with Crippen LogP contribution in [0.4, 0.5) is 4.39 Å². The average Bonchev–Trinajstić information content (AvgIpc) is 2.35. The summed E-state index contributed by atoms with van der Waals surface area (Å²) in [7, 11) is 0. The highest BCUT2D eigenvalue weighted by Gasteiger charge is 2.42. The minimum absolute atomic E-state index is 0.332. The number of carboxylic acids is 1. The number of hydrogen-bond acceptors (Lipinski definition) is 2.